The Morgan fingerprint density at radius 3 is 2.42 bits per heavy atom. The maximum Gasteiger partial charge on any atom is 0.234 e. The van der Waals surface area contributed by atoms with Crippen molar-refractivity contribution in [3.05, 3.63) is 83.9 Å². The summed E-state index contributed by atoms with van der Waals surface area (Å²) in [6.07, 6.45) is 0. The molecule has 4 rings (SSSR count). The van der Waals surface area contributed by atoms with Crippen LogP contribution in [0.4, 0.5) is 5.69 Å². The minimum absolute atomic E-state index is 0.0320. The molecule has 4 aromatic rings. The van der Waals surface area contributed by atoms with E-state index >= 15 is 0 Å². The van der Waals surface area contributed by atoms with Gasteiger partial charge in [0, 0.05) is 26.4 Å². The Kier molecular flexibility index (Phi) is 4.83. The molecule has 0 atom stereocenters. The fourth-order valence-electron chi connectivity index (χ4n) is 3.05. The van der Waals surface area contributed by atoms with Gasteiger partial charge in [0.15, 0.2) is 0 Å². The smallest absolute Gasteiger partial charge is 0.234 e. The van der Waals surface area contributed by atoms with Gasteiger partial charge in [-0.3, -0.25) is 4.79 Å². The van der Waals surface area contributed by atoms with E-state index in [0.29, 0.717) is 10.8 Å². The van der Waals surface area contributed by atoms with Crippen LogP contribution in [0.3, 0.4) is 0 Å². The molecule has 0 saturated heterocycles. The number of fused-ring (bicyclic) bond motifs is 2. The van der Waals surface area contributed by atoms with Crippen molar-refractivity contribution in [2.24, 2.45) is 0 Å². The lowest BCUT2D eigenvalue weighted by Crippen LogP contribution is -2.14. The fourth-order valence-corrected chi connectivity index (χ4v) is 4.29. The monoisotopic (exact) mass is 377 g/mol. The number of hydrogen-bond acceptors (Lipinski definition) is 2. The molecule has 1 amide bonds. The fraction of sp³-hybridized carbons (Fsp3) is 0.0455. The van der Waals surface area contributed by atoms with Gasteiger partial charge < -0.3 is 5.32 Å². The minimum Gasteiger partial charge on any atom is -0.325 e. The van der Waals surface area contributed by atoms with Crippen molar-refractivity contribution in [2.75, 3.05) is 11.1 Å². The van der Waals surface area contributed by atoms with Gasteiger partial charge in [0.25, 0.3) is 0 Å². The maximum atomic E-state index is 12.5. The highest BCUT2D eigenvalue weighted by molar-refractivity contribution is 8.00. The summed E-state index contributed by atoms with van der Waals surface area (Å²) in [5.41, 5.74) is 0.838. The zero-order valence-electron chi connectivity index (χ0n) is 13.9. The van der Waals surface area contributed by atoms with Crippen LogP contribution in [0.2, 0.25) is 5.02 Å². The first-order valence-corrected chi connectivity index (χ1v) is 9.66. The topological polar surface area (TPSA) is 29.1 Å². The molecule has 4 aromatic carbocycles. The minimum atomic E-state index is -0.0320. The Labute approximate surface area is 161 Å². The quantitative estimate of drug-likeness (QED) is 0.418. The number of halogens is 1. The Morgan fingerprint density at radius 2 is 1.54 bits per heavy atom. The number of carbonyl (C=O) groups is 1. The number of rotatable bonds is 4. The van der Waals surface area contributed by atoms with Crippen LogP contribution in [0.25, 0.3) is 21.5 Å². The molecule has 0 aliphatic heterocycles. The predicted octanol–water partition coefficient (Wildman–Crippen LogP) is 6.38. The summed E-state index contributed by atoms with van der Waals surface area (Å²) in [6, 6.07) is 25.8. The van der Waals surface area contributed by atoms with Crippen molar-refractivity contribution in [3.63, 3.8) is 0 Å². The van der Waals surface area contributed by atoms with Crippen LogP contribution >= 0.6 is 23.4 Å². The molecule has 0 aromatic heterocycles. The zero-order valence-corrected chi connectivity index (χ0v) is 15.5. The highest BCUT2D eigenvalue weighted by atomic mass is 35.5. The standard InChI is InChI=1S/C22H16ClNOS/c23-18-11-3-8-16-9-5-13-20(22(16)18)26-14-21(25)24-19-12-4-7-15-6-1-2-10-17(15)19/h1-13H,14H2,(H,24,25). The van der Waals surface area contributed by atoms with Crippen LogP contribution in [0.5, 0.6) is 0 Å². The summed E-state index contributed by atoms with van der Waals surface area (Å²) >= 11 is 7.86. The molecule has 0 aliphatic carbocycles. The first-order chi connectivity index (χ1) is 12.7. The molecule has 0 spiro atoms. The highest BCUT2D eigenvalue weighted by Gasteiger charge is 2.10. The number of nitrogens with one attached hydrogen (secondary N) is 1. The van der Waals surface area contributed by atoms with Gasteiger partial charge in [-0.1, -0.05) is 72.3 Å². The van der Waals surface area contributed by atoms with Gasteiger partial charge >= 0.3 is 0 Å². The molecule has 26 heavy (non-hydrogen) atoms. The van der Waals surface area contributed by atoms with E-state index < -0.39 is 0 Å². The second kappa shape index (κ2) is 7.40. The van der Waals surface area contributed by atoms with E-state index in [-0.39, 0.29) is 5.91 Å². The molecule has 0 unspecified atom stereocenters. The lowest BCUT2D eigenvalue weighted by molar-refractivity contribution is -0.113. The second-order valence-electron chi connectivity index (χ2n) is 5.96. The predicted molar refractivity (Wildman–Crippen MR) is 112 cm³/mol. The van der Waals surface area contributed by atoms with Gasteiger partial charge in [-0.05, 0) is 29.0 Å². The van der Waals surface area contributed by atoms with Crippen LogP contribution in [0.1, 0.15) is 0 Å². The van der Waals surface area contributed by atoms with Gasteiger partial charge in [-0.15, -0.1) is 11.8 Å². The van der Waals surface area contributed by atoms with Gasteiger partial charge in [0.05, 0.1) is 5.75 Å². The first kappa shape index (κ1) is 17.0. The van der Waals surface area contributed by atoms with Crippen molar-refractivity contribution in [1.82, 2.24) is 0 Å². The molecule has 0 saturated carbocycles. The van der Waals surface area contributed by atoms with E-state index in [4.69, 9.17) is 11.6 Å². The molecular weight excluding hydrogens is 362 g/mol. The molecule has 0 aliphatic rings. The van der Waals surface area contributed by atoms with E-state index in [2.05, 4.69) is 5.32 Å². The van der Waals surface area contributed by atoms with Crippen molar-refractivity contribution in [3.8, 4) is 0 Å². The Morgan fingerprint density at radius 1 is 0.846 bits per heavy atom. The van der Waals surface area contributed by atoms with Crippen molar-refractivity contribution in [1.29, 1.82) is 0 Å². The average molecular weight is 378 g/mol. The largest absolute Gasteiger partial charge is 0.325 e. The third-order valence-corrected chi connectivity index (χ3v) is 5.61. The number of hydrogen-bond donors (Lipinski definition) is 1. The third kappa shape index (κ3) is 3.41. The van der Waals surface area contributed by atoms with E-state index in [1.54, 1.807) is 0 Å². The van der Waals surface area contributed by atoms with Crippen LogP contribution < -0.4 is 5.32 Å². The number of benzene rings is 4. The summed E-state index contributed by atoms with van der Waals surface area (Å²) in [5, 5.41) is 7.97. The molecule has 1 N–H and O–H groups in total. The summed E-state index contributed by atoms with van der Waals surface area (Å²) in [4.78, 5) is 13.5. The van der Waals surface area contributed by atoms with Crippen LogP contribution in [-0.2, 0) is 4.79 Å². The normalized spacial score (nSPS) is 11.0. The number of carbonyl (C=O) groups excluding carboxylic acids is 1. The summed E-state index contributed by atoms with van der Waals surface area (Å²) in [7, 11) is 0. The molecule has 2 nitrogen and oxygen atoms in total. The third-order valence-electron chi connectivity index (χ3n) is 4.24. The molecule has 4 heteroatoms. The lowest BCUT2D eigenvalue weighted by atomic mass is 10.1. The van der Waals surface area contributed by atoms with E-state index in [9.17, 15) is 4.79 Å². The van der Waals surface area contributed by atoms with Crippen LogP contribution in [0, 0.1) is 0 Å². The van der Waals surface area contributed by atoms with Crippen LogP contribution in [-0.4, -0.2) is 11.7 Å². The van der Waals surface area contributed by atoms with Gasteiger partial charge in [-0.2, -0.15) is 0 Å². The molecule has 0 heterocycles. The number of amides is 1. The molecule has 128 valence electrons. The molecule has 0 radical (unpaired) electrons. The SMILES string of the molecule is O=C(CSc1cccc2cccc(Cl)c12)Nc1cccc2ccccc12. The Hall–Kier alpha value is -2.49. The van der Waals surface area contributed by atoms with Gasteiger partial charge in [0.2, 0.25) is 5.91 Å². The zero-order chi connectivity index (χ0) is 17.9. The van der Waals surface area contributed by atoms with Crippen molar-refractivity contribution >= 4 is 56.5 Å². The molecule has 0 fully saturated rings. The summed E-state index contributed by atoms with van der Waals surface area (Å²) < 4.78 is 0. The average Bonchev–Trinajstić information content (AvgIpc) is 2.67. The lowest BCUT2D eigenvalue weighted by Gasteiger charge is -2.10. The summed E-state index contributed by atoms with van der Waals surface area (Å²) in [6.45, 7) is 0. The first-order valence-electron chi connectivity index (χ1n) is 8.30. The summed E-state index contributed by atoms with van der Waals surface area (Å²) in [5.74, 6) is 0.295. The van der Waals surface area contributed by atoms with E-state index in [1.807, 2.05) is 78.9 Å². The van der Waals surface area contributed by atoms with Gasteiger partial charge in [-0.25, -0.2) is 0 Å². The van der Waals surface area contributed by atoms with Gasteiger partial charge in [0.1, 0.15) is 0 Å². The van der Waals surface area contributed by atoms with E-state index in [0.717, 1.165) is 32.1 Å². The van der Waals surface area contributed by atoms with E-state index in [1.165, 1.54) is 11.8 Å². The number of thioether (sulfide) groups is 1. The Bertz CT molecular complexity index is 1100. The Balaban J connectivity index is 1.53. The van der Waals surface area contributed by atoms with Crippen molar-refractivity contribution in [2.45, 2.75) is 4.90 Å². The highest BCUT2D eigenvalue weighted by Crippen LogP contribution is 2.33. The molecule has 0 bridgehead atoms. The second-order valence-corrected chi connectivity index (χ2v) is 7.38. The number of anilines is 1. The van der Waals surface area contributed by atoms with Crippen LogP contribution in [0.15, 0.2) is 83.8 Å². The maximum absolute atomic E-state index is 12.5. The van der Waals surface area contributed by atoms with Crippen molar-refractivity contribution < 1.29 is 4.79 Å². The molecular formula is C22H16ClNOS.